The number of rotatable bonds is 6. The average Bonchev–Trinajstić information content (AvgIpc) is 3.79. The Hall–Kier alpha value is -6.90. The van der Waals surface area contributed by atoms with Crippen molar-refractivity contribution in [2.75, 3.05) is 0 Å². The van der Waals surface area contributed by atoms with Crippen molar-refractivity contribution in [1.82, 2.24) is 9.13 Å². The molecule has 0 saturated heterocycles. The van der Waals surface area contributed by atoms with Gasteiger partial charge in [0.25, 0.3) is 0 Å². The third-order valence-corrected chi connectivity index (χ3v) is 11.9. The Morgan fingerprint density at radius 3 is 1.73 bits per heavy atom. The SMILES string of the molecule is C1=Cc2c(n(C3=CC=C(c4cccc(-c5ccccc5)c4)CC3)c3cc(-c4ccc5c6ccccc6n(-c6cccc(-c7ccccc7)c6)c5c4)ccc23)CC1. The lowest BCUT2D eigenvalue weighted by molar-refractivity contribution is 0.866. The Bertz CT molecular complexity index is 3060. The average molecular weight is 717 g/mol. The number of para-hydroxylation sites is 1. The second kappa shape index (κ2) is 13.4. The van der Waals surface area contributed by atoms with Crippen LogP contribution in [0.5, 0.6) is 0 Å². The van der Waals surface area contributed by atoms with E-state index in [1.807, 2.05) is 0 Å². The van der Waals surface area contributed by atoms with E-state index in [2.05, 4.69) is 203 Å². The van der Waals surface area contributed by atoms with Crippen LogP contribution in [0.2, 0.25) is 0 Å². The van der Waals surface area contributed by atoms with Crippen LogP contribution in [-0.4, -0.2) is 9.13 Å². The highest BCUT2D eigenvalue weighted by Gasteiger charge is 2.22. The maximum absolute atomic E-state index is 2.59. The molecule has 0 aliphatic heterocycles. The summed E-state index contributed by atoms with van der Waals surface area (Å²) in [4.78, 5) is 0. The molecule has 2 heterocycles. The number of aromatic nitrogens is 2. The molecule has 0 amide bonds. The van der Waals surface area contributed by atoms with Crippen LogP contribution in [0, 0.1) is 0 Å². The van der Waals surface area contributed by atoms with Crippen molar-refractivity contribution in [3.05, 3.63) is 205 Å². The lowest BCUT2D eigenvalue weighted by Gasteiger charge is -2.21. The van der Waals surface area contributed by atoms with Crippen LogP contribution in [-0.2, 0) is 6.42 Å². The third kappa shape index (κ3) is 5.48. The first-order valence-electron chi connectivity index (χ1n) is 19.9. The van der Waals surface area contributed by atoms with Crippen LogP contribution in [0.1, 0.15) is 36.1 Å². The first-order valence-corrected chi connectivity index (χ1v) is 19.9. The maximum Gasteiger partial charge on any atom is 0.0547 e. The van der Waals surface area contributed by atoms with Gasteiger partial charge in [0.2, 0.25) is 0 Å². The van der Waals surface area contributed by atoms with Gasteiger partial charge in [0.15, 0.2) is 0 Å². The molecule has 56 heavy (non-hydrogen) atoms. The van der Waals surface area contributed by atoms with Crippen molar-refractivity contribution >= 4 is 50.1 Å². The molecule has 0 unspecified atom stereocenters. The molecule has 0 radical (unpaired) electrons. The summed E-state index contributed by atoms with van der Waals surface area (Å²) in [5, 5.41) is 3.87. The monoisotopic (exact) mass is 716 g/mol. The summed E-state index contributed by atoms with van der Waals surface area (Å²) in [6.07, 6.45) is 13.6. The molecule has 0 saturated carbocycles. The van der Waals surface area contributed by atoms with E-state index in [-0.39, 0.29) is 0 Å². The first-order chi connectivity index (χ1) is 27.8. The number of benzene rings is 7. The smallest absolute Gasteiger partial charge is 0.0547 e. The lowest BCUT2D eigenvalue weighted by atomic mass is 9.93. The fourth-order valence-corrected chi connectivity index (χ4v) is 9.19. The fourth-order valence-electron chi connectivity index (χ4n) is 9.19. The Morgan fingerprint density at radius 2 is 0.982 bits per heavy atom. The highest BCUT2D eigenvalue weighted by Crippen LogP contribution is 2.41. The van der Waals surface area contributed by atoms with E-state index in [4.69, 9.17) is 0 Å². The zero-order valence-corrected chi connectivity index (χ0v) is 31.2. The number of hydrogen-bond acceptors (Lipinski definition) is 0. The van der Waals surface area contributed by atoms with Crippen LogP contribution in [0.3, 0.4) is 0 Å². The molecular weight excluding hydrogens is 677 g/mol. The van der Waals surface area contributed by atoms with Crippen LogP contribution in [0.15, 0.2) is 188 Å². The zero-order valence-electron chi connectivity index (χ0n) is 31.2. The van der Waals surface area contributed by atoms with Gasteiger partial charge in [-0.2, -0.15) is 0 Å². The molecule has 0 spiro atoms. The molecule has 0 fully saturated rings. The van der Waals surface area contributed by atoms with Crippen molar-refractivity contribution in [3.8, 4) is 39.1 Å². The molecule has 2 heteroatoms. The molecular formula is C54H40N2. The minimum atomic E-state index is 1.000. The predicted octanol–water partition coefficient (Wildman–Crippen LogP) is 14.4. The minimum absolute atomic E-state index is 1.000. The summed E-state index contributed by atoms with van der Waals surface area (Å²) in [5.74, 6) is 0. The molecule has 7 aromatic carbocycles. The van der Waals surface area contributed by atoms with Crippen LogP contribution < -0.4 is 0 Å². The Morgan fingerprint density at radius 1 is 0.375 bits per heavy atom. The lowest BCUT2D eigenvalue weighted by Crippen LogP contribution is -2.07. The molecule has 9 aromatic rings. The summed E-state index contributed by atoms with van der Waals surface area (Å²) in [6, 6.07) is 62.3. The quantitative estimate of drug-likeness (QED) is 0.162. The van der Waals surface area contributed by atoms with Crippen molar-refractivity contribution in [3.63, 3.8) is 0 Å². The van der Waals surface area contributed by atoms with E-state index in [0.29, 0.717) is 0 Å². The molecule has 2 aromatic heterocycles. The molecule has 0 atom stereocenters. The Labute approximate surface area is 327 Å². The van der Waals surface area contributed by atoms with Gasteiger partial charge in [-0.3, -0.25) is 0 Å². The Balaban J connectivity index is 1.02. The zero-order chi connectivity index (χ0) is 37.0. The fraction of sp³-hybridized carbons (Fsp3) is 0.0741. The summed E-state index contributed by atoms with van der Waals surface area (Å²) < 4.78 is 5.04. The molecule has 2 nitrogen and oxygen atoms in total. The highest BCUT2D eigenvalue weighted by atomic mass is 15.0. The van der Waals surface area contributed by atoms with Crippen molar-refractivity contribution in [1.29, 1.82) is 0 Å². The van der Waals surface area contributed by atoms with Gasteiger partial charge in [-0.05, 0) is 113 Å². The van der Waals surface area contributed by atoms with E-state index in [1.165, 1.54) is 99.9 Å². The first kappa shape index (κ1) is 32.5. The van der Waals surface area contributed by atoms with Gasteiger partial charge in [-0.15, -0.1) is 0 Å². The van der Waals surface area contributed by atoms with Crippen molar-refractivity contribution in [2.24, 2.45) is 0 Å². The molecule has 11 rings (SSSR count). The maximum atomic E-state index is 2.59. The van der Waals surface area contributed by atoms with Crippen molar-refractivity contribution < 1.29 is 0 Å². The van der Waals surface area contributed by atoms with E-state index in [1.54, 1.807) is 0 Å². The van der Waals surface area contributed by atoms with Gasteiger partial charge in [-0.1, -0.05) is 152 Å². The topological polar surface area (TPSA) is 9.86 Å². The molecule has 2 aliphatic carbocycles. The van der Waals surface area contributed by atoms with E-state index in [9.17, 15) is 0 Å². The molecule has 2 aliphatic rings. The largest absolute Gasteiger partial charge is 0.317 e. The number of allylic oxidation sites excluding steroid dienone is 5. The summed E-state index contributed by atoms with van der Waals surface area (Å²) >= 11 is 0. The number of fused-ring (bicyclic) bond motifs is 6. The number of hydrogen-bond donors (Lipinski definition) is 0. The van der Waals surface area contributed by atoms with E-state index >= 15 is 0 Å². The second-order valence-corrected chi connectivity index (χ2v) is 15.2. The van der Waals surface area contributed by atoms with Crippen molar-refractivity contribution in [2.45, 2.75) is 25.7 Å². The minimum Gasteiger partial charge on any atom is -0.317 e. The van der Waals surface area contributed by atoms with Gasteiger partial charge >= 0.3 is 0 Å². The van der Waals surface area contributed by atoms with Gasteiger partial charge < -0.3 is 9.13 Å². The molecule has 266 valence electrons. The second-order valence-electron chi connectivity index (χ2n) is 15.2. The van der Waals surface area contributed by atoms with Crippen LogP contribution in [0.4, 0.5) is 0 Å². The van der Waals surface area contributed by atoms with Crippen LogP contribution in [0.25, 0.3) is 89.1 Å². The van der Waals surface area contributed by atoms with E-state index in [0.717, 1.165) is 25.7 Å². The number of nitrogens with zero attached hydrogens (tertiary/aromatic N) is 2. The van der Waals surface area contributed by atoms with Crippen LogP contribution >= 0.6 is 0 Å². The normalized spacial score (nSPS) is 13.9. The third-order valence-electron chi connectivity index (χ3n) is 11.9. The van der Waals surface area contributed by atoms with Gasteiger partial charge in [0, 0.05) is 38.8 Å². The Kier molecular flexibility index (Phi) is 7.81. The summed E-state index contributed by atoms with van der Waals surface area (Å²) in [6.45, 7) is 0. The molecule has 0 bridgehead atoms. The summed E-state index contributed by atoms with van der Waals surface area (Å²) in [5.41, 5.74) is 19.2. The standard InChI is InChI=1S/C54H40N2/c1-3-13-37(14-4-1)40-17-11-18-41(33-40)39-25-29-45(30-26-39)55-51-23-9-7-21-47(51)49-31-27-43(35-53(49)55)44-28-32-50-48-22-8-10-24-52(48)56(54(50)36-44)46-20-12-19-42(34-46)38-15-5-2-6-16-38/h1-8,10-22,24-25,27-29,31-36H,9,23,26,30H2. The van der Waals surface area contributed by atoms with Gasteiger partial charge in [0.05, 0.1) is 16.6 Å². The van der Waals surface area contributed by atoms with E-state index < -0.39 is 0 Å². The predicted molar refractivity (Wildman–Crippen MR) is 238 cm³/mol. The summed E-state index contributed by atoms with van der Waals surface area (Å²) in [7, 11) is 0. The van der Waals surface area contributed by atoms with Gasteiger partial charge in [-0.25, -0.2) is 0 Å². The molecule has 0 N–H and O–H groups in total. The van der Waals surface area contributed by atoms with Gasteiger partial charge in [0.1, 0.15) is 0 Å². The highest BCUT2D eigenvalue weighted by molar-refractivity contribution is 6.10.